The van der Waals surface area contributed by atoms with Crippen molar-refractivity contribution in [2.24, 2.45) is 0 Å². The van der Waals surface area contributed by atoms with Crippen LogP contribution in [0.4, 0.5) is 0 Å². The molecular formula is C64H96O5P2. The van der Waals surface area contributed by atoms with Gasteiger partial charge in [-0.2, -0.15) is 0 Å². The quantitative estimate of drug-likeness (QED) is 0.146. The summed E-state index contributed by atoms with van der Waals surface area (Å²) < 4.78 is 12.6. The second kappa shape index (κ2) is 23.4. The van der Waals surface area contributed by atoms with Crippen LogP contribution in [0.5, 0.6) is 0 Å². The Bertz CT molecular complexity index is 2330. The van der Waals surface area contributed by atoms with Crippen LogP contribution in [0, 0.1) is 0 Å². The summed E-state index contributed by atoms with van der Waals surface area (Å²) in [5.41, 5.74) is 14.6. The van der Waals surface area contributed by atoms with Crippen molar-refractivity contribution in [2.75, 3.05) is 26.4 Å². The van der Waals surface area contributed by atoms with E-state index in [0.717, 1.165) is 26.1 Å². The van der Waals surface area contributed by atoms with Crippen LogP contribution >= 0.6 is 15.8 Å². The molecule has 3 saturated heterocycles. The molecule has 0 bridgehead atoms. The van der Waals surface area contributed by atoms with Gasteiger partial charge in [-0.3, -0.25) is 4.79 Å². The molecule has 0 aliphatic carbocycles. The molecule has 4 aromatic rings. The molecule has 3 aliphatic rings. The smallest absolute Gasteiger partial charge is 0.170 e. The second-order valence-electron chi connectivity index (χ2n) is 25.3. The summed E-state index contributed by atoms with van der Waals surface area (Å²) in [5.74, 6) is 2.90. The minimum absolute atomic E-state index is 0.00185. The minimum atomic E-state index is -0.529. The van der Waals surface area contributed by atoms with E-state index in [-0.39, 0.29) is 33.8 Å². The van der Waals surface area contributed by atoms with E-state index in [1.807, 2.05) is 0 Å². The molecule has 0 saturated carbocycles. The number of ether oxygens (including phenoxy) is 2. The van der Waals surface area contributed by atoms with Gasteiger partial charge in [0.05, 0.1) is 26.4 Å². The first-order valence-corrected chi connectivity index (χ1v) is 29.8. The van der Waals surface area contributed by atoms with Crippen LogP contribution < -0.4 is 10.6 Å². The Labute approximate surface area is 435 Å². The highest BCUT2D eigenvalue weighted by Crippen LogP contribution is 2.69. The topological polar surface area (TPSA) is 76.0 Å². The van der Waals surface area contributed by atoms with E-state index in [0.29, 0.717) is 54.1 Å². The van der Waals surface area contributed by atoms with E-state index >= 15 is 0 Å². The summed E-state index contributed by atoms with van der Waals surface area (Å²) in [6.45, 7) is 48.3. The molecule has 7 heteroatoms. The molecule has 3 aliphatic heterocycles. The summed E-state index contributed by atoms with van der Waals surface area (Å²) in [6.07, 6.45) is 3.31. The Morgan fingerprint density at radius 2 is 0.761 bits per heavy atom. The number of carbonyl (C=O) groups excluding carboxylic acids is 1. The standard InChI is InChI=1S/C32H47O2P.C30H43OP.C2H6O2/c1-21(2)24-17-26(22(3)4)29(27(18-24)23(5)6)25-13-11-12-14-28(25)35-30(7,8)19-32(20-31(35,9)10)33-15-16-34-32;1-19(2)22-15-25(20(3)4)28(26(16-22)21(5)6)24-13-11-12-14-27(24)32-29(7,8)17-23(31)18-30(32,9)10;3-1-2-4/h11-14,17-18,21-23H,15-16,19-20H2,1-10H3;11-16,19-21H,17-18H2,1-10H3;3-4H,1-2H2. The average molecular weight is 1010 g/mol. The van der Waals surface area contributed by atoms with Gasteiger partial charge in [0.15, 0.2) is 5.79 Å². The maximum atomic E-state index is 12.6. The summed E-state index contributed by atoms with van der Waals surface area (Å²) >= 11 is 0. The van der Waals surface area contributed by atoms with Gasteiger partial charge >= 0.3 is 0 Å². The number of benzene rings is 4. The molecule has 0 radical (unpaired) electrons. The van der Waals surface area contributed by atoms with E-state index in [2.05, 4.69) is 211 Å². The molecular weight excluding hydrogens is 911 g/mol. The number of Topliss-reactive ketones (excluding diaryl/α,β-unsaturated/α-hetero) is 1. The summed E-state index contributed by atoms with van der Waals surface area (Å²) in [4.78, 5) is 12.6. The van der Waals surface area contributed by atoms with Crippen molar-refractivity contribution in [3.8, 4) is 22.3 Å². The lowest BCUT2D eigenvalue weighted by Crippen LogP contribution is -2.52. The Morgan fingerprint density at radius 3 is 1.04 bits per heavy atom. The first kappa shape index (κ1) is 59.1. The van der Waals surface area contributed by atoms with E-state index < -0.39 is 21.6 Å². The lowest BCUT2D eigenvalue weighted by Gasteiger charge is -2.55. The van der Waals surface area contributed by atoms with Gasteiger partial charge in [0, 0.05) is 25.7 Å². The number of ketones is 1. The second-order valence-corrected chi connectivity index (χ2v) is 32.5. The molecule has 0 unspecified atom stereocenters. The molecule has 1 spiro atoms. The maximum absolute atomic E-state index is 12.6. The van der Waals surface area contributed by atoms with Crippen molar-refractivity contribution >= 4 is 32.2 Å². The number of carbonyl (C=O) groups is 1. The number of rotatable bonds is 11. The monoisotopic (exact) mass is 1010 g/mol. The summed E-state index contributed by atoms with van der Waals surface area (Å²) in [6, 6.07) is 28.4. The van der Waals surface area contributed by atoms with Gasteiger partial charge in [0.25, 0.3) is 0 Å². The van der Waals surface area contributed by atoms with E-state index in [4.69, 9.17) is 19.7 Å². The van der Waals surface area contributed by atoms with Gasteiger partial charge in [0.1, 0.15) is 5.78 Å². The SMILES string of the molecule is CC(C)c1cc(C(C)C)c(-c2ccccc2P2C(C)(C)CC(=O)CC2(C)C)c(C(C)C)c1.CC(C)c1cc(C(C)C)c(-c2ccccc2P2C(C)(C)CC3(CC2(C)C)OCCO3)c(C(C)C)c1.OCCO. The zero-order valence-corrected chi connectivity index (χ0v) is 49.9. The Kier molecular flexibility index (Phi) is 19.5. The van der Waals surface area contributed by atoms with Crippen LogP contribution in [0.25, 0.3) is 22.3 Å². The van der Waals surface area contributed by atoms with E-state index in [9.17, 15) is 4.79 Å². The van der Waals surface area contributed by atoms with Crippen molar-refractivity contribution in [1.29, 1.82) is 0 Å². The van der Waals surface area contributed by atoms with E-state index in [1.54, 1.807) is 5.30 Å². The highest BCUT2D eigenvalue weighted by atomic mass is 31.1. The Morgan fingerprint density at radius 1 is 0.465 bits per heavy atom. The molecule has 2 N–H and O–H groups in total. The number of aliphatic hydroxyl groups is 2. The molecule has 3 heterocycles. The molecule has 5 nitrogen and oxygen atoms in total. The van der Waals surface area contributed by atoms with Crippen molar-refractivity contribution in [2.45, 2.75) is 226 Å². The fraction of sp³-hybridized carbons (Fsp3) is 0.609. The Hall–Kier alpha value is -2.75. The van der Waals surface area contributed by atoms with Crippen LogP contribution in [-0.4, -0.2) is 68.8 Å². The molecule has 0 atom stereocenters. The van der Waals surface area contributed by atoms with Gasteiger partial charge in [-0.15, -0.1) is 0 Å². The minimum Gasteiger partial charge on any atom is -0.394 e. The molecule has 71 heavy (non-hydrogen) atoms. The van der Waals surface area contributed by atoms with Gasteiger partial charge in [-0.25, -0.2) is 0 Å². The zero-order valence-electron chi connectivity index (χ0n) is 48.1. The third-order valence-corrected chi connectivity index (χ3v) is 22.3. The molecule has 0 amide bonds. The van der Waals surface area contributed by atoms with Gasteiger partial charge < -0.3 is 19.7 Å². The van der Waals surface area contributed by atoms with Crippen LogP contribution in [0.2, 0.25) is 0 Å². The lowest BCUT2D eigenvalue weighted by atomic mass is 9.82. The zero-order chi connectivity index (χ0) is 53.2. The molecule has 4 aromatic carbocycles. The molecule has 392 valence electrons. The normalized spacial score (nSPS) is 19.5. The summed E-state index contributed by atoms with van der Waals surface area (Å²) in [5, 5.41) is 18.5. The highest BCUT2D eigenvalue weighted by molar-refractivity contribution is 7.69. The molecule has 7 rings (SSSR count). The van der Waals surface area contributed by atoms with Crippen LogP contribution in [0.3, 0.4) is 0 Å². The third kappa shape index (κ3) is 13.2. The highest BCUT2D eigenvalue weighted by Gasteiger charge is 2.57. The van der Waals surface area contributed by atoms with Crippen molar-refractivity contribution in [1.82, 2.24) is 0 Å². The first-order chi connectivity index (χ1) is 33.0. The maximum Gasteiger partial charge on any atom is 0.170 e. The predicted molar refractivity (Wildman–Crippen MR) is 310 cm³/mol. The van der Waals surface area contributed by atoms with Crippen molar-refractivity contribution in [3.63, 3.8) is 0 Å². The molecule has 3 fully saturated rings. The predicted octanol–water partition coefficient (Wildman–Crippen LogP) is 16.6. The van der Waals surface area contributed by atoms with Crippen LogP contribution in [0.15, 0.2) is 72.8 Å². The van der Waals surface area contributed by atoms with Crippen molar-refractivity contribution < 1.29 is 24.5 Å². The van der Waals surface area contributed by atoms with Crippen LogP contribution in [0.1, 0.15) is 233 Å². The van der Waals surface area contributed by atoms with Gasteiger partial charge in [-0.05, 0) is 122 Å². The van der Waals surface area contributed by atoms with Gasteiger partial charge in [0.2, 0.25) is 0 Å². The summed E-state index contributed by atoms with van der Waals surface area (Å²) in [7, 11) is -1.01. The Balaban J connectivity index is 0.000000247. The number of aliphatic hydroxyl groups excluding tert-OH is 2. The largest absolute Gasteiger partial charge is 0.394 e. The average Bonchev–Trinajstić information content (AvgIpc) is 3.69. The van der Waals surface area contributed by atoms with Gasteiger partial charge in [-0.1, -0.05) is 227 Å². The fourth-order valence-corrected chi connectivity index (χ4v) is 21.3. The number of hydrogen-bond acceptors (Lipinski definition) is 5. The molecule has 0 aromatic heterocycles. The fourth-order valence-electron chi connectivity index (χ4n) is 12.7. The lowest BCUT2D eigenvalue weighted by molar-refractivity contribution is -0.178. The first-order valence-electron chi connectivity index (χ1n) is 27.1. The number of hydrogen-bond donors (Lipinski definition) is 2. The third-order valence-electron chi connectivity index (χ3n) is 15.1. The van der Waals surface area contributed by atoms with Crippen LogP contribution in [-0.2, 0) is 14.3 Å². The van der Waals surface area contributed by atoms with Crippen molar-refractivity contribution in [3.05, 3.63) is 106 Å². The van der Waals surface area contributed by atoms with E-state index in [1.165, 1.54) is 60.9 Å².